The predicted octanol–water partition coefficient (Wildman–Crippen LogP) is 1.98. The standard InChI is InChI=1S/C12H20N2O/c1-14(8-10-5-6-15-9-10)12-4-2-3-11(13)7-12/h5-6,9,11-12H,2-4,7-8,13H2,1H3. The van der Waals surface area contributed by atoms with Crippen LogP contribution >= 0.6 is 0 Å². The van der Waals surface area contributed by atoms with Crippen molar-refractivity contribution in [2.24, 2.45) is 5.73 Å². The van der Waals surface area contributed by atoms with Crippen LogP contribution in [0.25, 0.3) is 0 Å². The van der Waals surface area contributed by atoms with Gasteiger partial charge in [0.2, 0.25) is 0 Å². The second-order valence-corrected chi connectivity index (χ2v) is 4.63. The third kappa shape index (κ3) is 2.83. The molecule has 2 rings (SSSR count). The van der Waals surface area contributed by atoms with Crippen molar-refractivity contribution in [1.82, 2.24) is 4.90 Å². The van der Waals surface area contributed by atoms with Gasteiger partial charge in [0.1, 0.15) is 0 Å². The summed E-state index contributed by atoms with van der Waals surface area (Å²) < 4.78 is 5.07. The Kier molecular flexibility index (Phi) is 3.44. The highest BCUT2D eigenvalue weighted by Crippen LogP contribution is 2.22. The Morgan fingerprint density at radius 1 is 1.53 bits per heavy atom. The molecule has 1 aliphatic carbocycles. The monoisotopic (exact) mass is 208 g/mol. The molecule has 0 spiro atoms. The molecule has 0 bridgehead atoms. The van der Waals surface area contributed by atoms with Crippen LogP contribution in [-0.4, -0.2) is 24.0 Å². The van der Waals surface area contributed by atoms with Crippen LogP contribution < -0.4 is 5.73 Å². The van der Waals surface area contributed by atoms with Gasteiger partial charge >= 0.3 is 0 Å². The van der Waals surface area contributed by atoms with Crippen LogP contribution in [0.1, 0.15) is 31.2 Å². The smallest absolute Gasteiger partial charge is 0.0947 e. The van der Waals surface area contributed by atoms with Crippen LogP contribution in [-0.2, 0) is 6.54 Å². The molecule has 1 aromatic heterocycles. The zero-order valence-electron chi connectivity index (χ0n) is 9.36. The Morgan fingerprint density at radius 2 is 2.40 bits per heavy atom. The summed E-state index contributed by atoms with van der Waals surface area (Å²) in [4.78, 5) is 2.39. The van der Waals surface area contributed by atoms with E-state index in [9.17, 15) is 0 Å². The van der Waals surface area contributed by atoms with Crippen molar-refractivity contribution in [1.29, 1.82) is 0 Å². The lowest BCUT2D eigenvalue weighted by Crippen LogP contribution is -2.40. The largest absolute Gasteiger partial charge is 0.472 e. The number of nitrogens with two attached hydrogens (primary N) is 1. The lowest BCUT2D eigenvalue weighted by molar-refractivity contribution is 0.173. The van der Waals surface area contributed by atoms with E-state index in [0.717, 1.165) is 13.0 Å². The van der Waals surface area contributed by atoms with Gasteiger partial charge in [-0.3, -0.25) is 4.90 Å². The summed E-state index contributed by atoms with van der Waals surface area (Å²) in [5, 5.41) is 0. The number of furan rings is 1. The summed E-state index contributed by atoms with van der Waals surface area (Å²) in [7, 11) is 2.18. The van der Waals surface area contributed by atoms with Gasteiger partial charge in [-0.05, 0) is 32.4 Å². The fourth-order valence-corrected chi connectivity index (χ4v) is 2.40. The summed E-state index contributed by atoms with van der Waals surface area (Å²) in [5.74, 6) is 0. The van der Waals surface area contributed by atoms with Crippen LogP contribution in [0.15, 0.2) is 23.0 Å². The third-order valence-corrected chi connectivity index (χ3v) is 3.32. The van der Waals surface area contributed by atoms with Crippen molar-refractivity contribution in [3.63, 3.8) is 0 Å². The van der Waals surface area contributed by atoms with E-state index in [-0.39, 0.29) is 0 Å². The Hall–Kier alpha value is -0.800. The highest BCUT2D eigenvalue weighted by molar-refractivity contribution is 5.05. The van der Waals surface area contributed by atoms with Gasteiger partial charge in [0.15, 0.2) is 0 Å². The van der Waals surface area contributed by atoms with Crippen molar-refractivity contribution < 1.29 is 4.42 Å². The molecular weight excluding hydrogens is 188 g/mol. The number of hydrogen-bond acceptors (Lipinski definition) is 3. The zero-order chi connectivity index (χ0) is 10.7. The molecule has 0 aliphatic heterocycles. The van der Waals surface area contributed by atoms with Crippen LogP contribution in [0, 0.1) is 0 Å². The van der Waals surface area contributed by atoms with Gasteiger partial charge in [0, 0.05) is 24.2 Å². The minimum absolute atomic E-state index is 0.399. The second kappa shape index (κ2) is 4.81. The summed E-state index contributed by atoms with van der Waals surface area (Å²) in [6.45, 7) is 0.966. The Balaban J connectivity index is 1.87. The van der Waals surface area contributed by atoms with Crippen molar-refractivity contribution in [2.45, 2.75) is 44.3 Å². The minimum atomic E-state index is 0.399. The van der Waals surface area contributed by atoms with Gasteiger partial charge in [0.05, 0.1) is 12.5 Å². The van der Waals surface area contributed by atoms with Gasteiger partial charge in [0.25, 0.3) is 0 Å². The van der Waals surface area contributed by atoms with Crippen molar-refractivity contribution in [3.05, 3.63) is 24.2 Å². The molecule has 2 unspecified atom stereocenters. The molecule has 1 aliphatic rings. The minimum Gasteiger partial charge on any atom is -0.472 e. The van der Waals surface area contributed by atoms with Gasteiger partial charge in [-0.1, -0.05) is 6.42 Å². The van der Waals surface area contributed by atoms with E-state index < -0.39 is 0 Å². The maximum absolute atomic E-state index is 5.99. The number of rotatable bonds is 3. The third-order valence-electron chi connectivity index (χ3n) is 3.32. The van der Waals surface area contributed by atoms with E-state index in [0.29, 0.717) is 12.1 Å². The number of hydrogen-bond donors (Lipinski definition) is 1. The van der Waals surface area contributed by atoms with E-state index >= 15 is 0 Å². The van der Waals surface area contributed by atoms with E-state index in [2.05, 4.69) is 11.9 Å². The first-order valence-electron chi connectivity index (χ1n) is 5.72. The molecule has 3 heteroatoms. The van der Waals surface area contributed by atoms with Crippen molar-refractivity contribution in [3.8, 4) is 0 Å². The quantitative estimate of drug-likeness (QED) is 0.826. The summed E-state index contributed by atoms with van der Waals surface area (Å²) in [6, 6.07) is 3.07. The Morgan fingerprint density at radius 3 is 3.07 bits per heavy atom. The van der Waals surface area contributed by atoms with Gasteiger partial charge in [-0.25, -0.2) is 0 Å². The maximum atomic E-state index is 5.99. The van der Waals surface area contributed by atoms with Gasteiger partial charge in [-0.2, -0.15) is 0 Å². The molecule has 0 saturated heterocycles. The SMILES string of the molecule is CN(Cc1ccoc1)C1CCCC(N)C1. The lowest BCUT2D eigenvalue weighted by atomic mass is 9.90. The van der Waals surface area contributed by atoms with Gasteiger partial charge < -0.3 is 10.2 Å². The van der Waals surface area contributed by atoms with Crippen LogP contribution in [0.2, 0.25) is 0 Å². The zero-order valence-corrected chi connectivity index (χ0v) is 9.36. The lowest BCUT2D eigenvalue weighted by Gasteiger charge is -2.33. The first kappa shape index (κ1) is 10.7. The highest BCUT2D eigenvalue weighted by atomic mass is 16.3. The summed E-state index contributed by atoms with van der Waals surface area (Å²) >= 11 is 0. The fourth-order valence-electron chi connectivity index (χ4n) is 2.40. The average molecular weight is 208 g/mol. The first-order chi connectivity index (χ1) is 7.25. The highest BCUT2D eigenvalue weighted by Gasteiger charge is 2.22. The molecule has 1 saturated carbocycles. The van der Waals surface area contributed by atoms with Crippen LogP contribution in [0.4, 0.5) is 0 Å². The van der Waals surface area contributed by atoms with Crippen LogP contribution in [0.3, 0.4) is 0 Å². The Labute approximate surface area is 91.2 Å². The van der Waals surface area contributed by atoms with Crippen molar-refractivity contribution in [2.75, 3.05) is 7.05 Å². The molecular formula is C12H20N2O. The Bertz CT molecular complexity index is 284. The fraction of sp³-hybridized carbons (Fsp3) is 0.667. The topological polar surface area (TPSA) is 42.4 Å². The second-order valence-electron chi connectivity index (χ2n) is 4.63. The average Bonchev–Trinajstić information content (AvgIpc) is 2.70. The van der Waals surface area contributed by atoms with Gasteiger partial charge in [-0.15, -0.1) is 0 Å². The molecule has 0 radical (unpaired) electrons. The van der Waals surface area contributed by atoms with E-state index in [1.807, 2.05) is 12.3 Å². The molecule has 0 aromatic carbocycles. The van der Waals surface area contributed by atoms with E-state index in [1.54, 1.807) is 6.26 Å². The normalized spacial score (nSPS) is 27.1. The molecule has 1 heterocycles. The van der Waals surface area contributed by atoms with Crippen molar-refractivity contribution >= 4 is 0 Å². The van der Waals surface area contributed by atoms with Crippen LogP contribution in [0.5, 0.6) is 0 Å². The first-order valence-corrected chi connectivity index (χ1v) is 5.72. The molecule has 84 valence electrons. The molecule has 0 amide bonds. The number of nitrogens with zero attached hydrogens (tertiary/aromatic N) is 1. The molecule has 15 heavy (non-hydrogen) atoms. The predicted molar refractivity (Wildman–Crippen MR) is 60.4 cm³/mol. The molecule has 3 nitrogen and oxygen atoms in total. The molecule has 2 atom stereocenters. The molecule has 1 aromatic rings. The molecule has 1 fully saturated rings. The molecule has 2 N–H and O–H groups in total. The summed E-state index contributed by atoms with van der Waals surface area (Å²) in [5.41, 5.74) is 7.24. The summed E-state index contributed by atoms with van der Waals surface area (Å²) in [6.07, 6.45) is 8.42. The maximum Gasteiger partial charge on any atom is 0.0947 e. The van der Waals surface area contributed by atoms with E-state index in [1.165, 1.54) is 24.8 Å². The van der Waals surface area contributed by atoms with E-state index in [4.69, 9.17) is 10.2 Å².